The van der Waals surface area contributed by atoms with Gasteiger partial charge >= 0.3 is 0 Å². The van der Waals surface area contributed by atoms with Crippen LogP contribution in [0.1, 0.15) is 40.0 Å². The zero-order chi connectivity index (χ0) is 13.1. The van der Waals surface area contributed by atoms with E-state index in [1.165, 1.54) is 25.6 Å². The molecule has 1 aliphatic rings. The lowest BCUT2D eigenvalue weighted by Crippen LogP contribution is -2.18. The predicted molar refractivity (Wildman–Crippen MR) is 72.6 cm³/mol. The zero-order valence-electron chi connectivity index (χ0n) is 11.3. The molecule has 100 valence electrons. The van der Waals surface area contributed by atoms with Crippen LogP contribution >= 0.6 is 0 Å². The Morgan fingerprint density at radius 1 is 1.39 bits per heavy atom. The third-order valence-corrected chi connectivity index (χ3v) is 3.23. The molecule has 18 heavy (non-hydrogen) atoms. The van der Waals surface area contributed by atoms with Crippen molar-refractivity contribution in [3.05, 3.63) is 6.33 Å². The molecule has 1 aromatic heterocycles. The van der Waals surface area contributed by atoms with Crippen molar-refractivity contribution in [2.24, 2.45) is 5.92 Å². The summed E-state index contributed by atoms with van der Waals surface area (Å²) in [6, 6.07) is 0.462. The Kier molecular flexibility index (Phi) is 3.89. The summed E-state index contributed by atoms with van der Waals surface area (Å²) in [5.41, 5.74) is 6.54. The Morgan fingerprint density at radius 3 is 2.78 bits per heavy atom. The molecule has 5 nitrogen and oxygen atoms in total. The summed E-state index contributed by atoms with van der Waals surface area (Å²) < 4.78 is 5.56. The van der Waals surface area contributed by atoms with Crippen molar-refractivity contribution >= 4 is 11.5 Å². The smallest absolute Gasteiger partial charge is 0.242 e. The molecule has 3 N–H and O–H groups in total. The highest BCUT2D eigenvalue weighted by Crippen LogP contribution is 2.31. The fraction of sp³-hybridized carbons (Fsp3) is 0.692. The monoisotopic (exact) mass is 250 g/mol. The summed E-state index contributed by atoms with van der Waals surface area (Å²) >= 11 is 0. The number of nitrogens with two attached hydrogens (primary N) is 1. The van der Waals surface area contributed by atoms with Crippen molar-refractivity contribution in [2.75, 3.05) is 11.1 Å². The summed E-state index contributed by atoms with van der Waals surface area (Å²) in [6.07, 6.45) is 5.16. The van der Waals surface area contributed by atoms with E-state index in [1.807, 2.05) is 13.8 Å². The SMILES string of the molecule is CC1CCC(Nc2ncnc(OC(C)C)c2N)C1. The van der Waals surface area contributed by atoms with E-state index in [2.05, 4.69) is 22.2 Å². The first kappa shape index (κ1) is 12.9. The van der Waals surface area contributed by atoms with Crippen molar-refractivity contribution < 1.29 is 4.74 Å². The number of nitrogens with one attached hydrogen (secondary N) is 1. The maximum atomic E-state index is 6.03. The normalized spacial score (nSPS) is 23.3. The van der Waals surface area contributed by atoms with Crippen LogP contribution in [0.3, 0.4) is 0 Å². The number of aromatic nitrogens is 2. The Labute approximate surface area is 108 Å². The number of anilines is 2. The fourth-order valence-corrected chi connectivity index (χ4v) is 2.34. The molecule has 0 saturated heterocycles. The lowest BCUT2D eigenvalue weighted by molar-refractivity contribution is 0.234. The van der Waals surface area contributed by atoms with Gasteiger partial charge in [0.25, 0.3) is 0 Å². The molecule has 1 saturated carbocycles. The lowest BCUT2D eigenvalue weighted by atomic mass is 10.1. The molecule has 2 rings (SSSR count). The van der Waals surface area contributed by atoms with Gasteiger partial charge in [0.1, 0.15) is 12.0 Å². The minimum Gasteiger partial charge on any atom is -0.473 e. The van der Waals surface area contributed by atoms with Gasteiger partial charge in [0.15, 0.2) is 5.82 Å². The van der Waals surface area contributed by atoms with E-state index in [0.29, 0.717) is 23.4 Å². The third-order valence-electron chi connectivity index (χ3n) is 3.23. The molecule has 2 unspecified atom stereocenters. The summed E-state index contributed by atoms with van der Waals surface area (Å²) in [6.45, 7) is 6.18. The summed E-state index contributed by atoms with van der Waals surface area (Å²) in [5, 5.41) is 3.40. The lowest BCUT2D eigenvalue weighted by Gasteiger charge is -2.17. The first-order valence-corrected chi connectivity index (χ1v) is 6.60. The van der Waals surface area contributed by atoms with Gasteiger partial charge in [-0.25, -0.2) is 4.98 Å². The van der Waals surface area contributed by atoms with Gasteiger partial charge in [0, 0.05) is 6.04 Å². The molecule has 1 aromatic rings. The topological polar surface area (TPSA) is 73.1 Å². The van der Waals surface area contributed by atoms with E-state index < -0.39 is 0 Å². The molecule has 5 heteroatoms. The molecule has 1 fully saturated rings. The molecule has 2 atom stereocenters. The van der Waals surface area contributed by atoms with Crippen molar-refractivity contribution in [3.8, 4) is 5.88 Å². The van der Waals surface area contributed by atoms with Crippen molar-refractivity contribution in [1.82, 2.24) is 9.97 Å². The Balaban J connectivity index is 2.08. The van der Waals surface area contributed by atoms with Gasteiger partial charge in [-0.15, -0.1) is 0 Å². The second-order valence-corrected chi connectivity index (χ2v) is 5.37. The van der Waals surface area contributed by atoms with Crippen LogP contribution in [0, 0.1) is 5.92 Å². The van der Waals surface area contributed by atoms with Gasteiger partial charge in [-0.05, 0) is 39.0 Å². The zero-order valence-corrected chi connectivity index (χ0v) is 11.3. The van der Waals surface area contributed by atoms with Crippen molar-refractivity contribution in [2.45, 2.75) is 52.2 Å². The van der Waals surface area contributed by atoms with E-state index in [0.717, 1.165) is 5.92 Å². The van der Waals surface area contributed by atoms with E-state index >= 15 is 0 Å². The van der Waals surface area contributed by atoms with Crippen molar-refractivity contribution in [1.29, 1.82) is 0 Å². The van der Waals surface area contributed by atoms with Crippen LogP contribution in [0.5, 0.6) is 5.88 Å². The van der Waals surface area contributed by atoms with Gasteiger partial charge in [-0.3, -0.25) is 0 Å². The van der Waals surface area contributed by atoms with Crippen LogP contribution in [0.15, 0.2) is 6.33 Å². The maximum Gasteiger partial charge on any atom is 0.242 e. The highest BCUT2D eigenvalue weighted by Gasteiger charge is 2.22. The quantitative estimate of drug-likeness (QED) is 0.858. The van der Waals surface area contributed by atoms with Crippen LogP contribution in [0.2, 0.25) is 0 Å². The molecule has 0 aromatic carbocycles. The number of rotatable bonds is 4. The Hall–Kier alpha value is -1.52. The van der Waals surface area contributed by atoms with E-state index in [1.54, 1.807) is 0 Å². The molecular weight excluding hydrogens is 228 g/mol. The number of nitrogens with zero attached hydrogens (tertiary/aromatic N) is 2. The first-order valence-electron chi connectivity index (χ1n) is 6.60. The summed E-state index contributed by atoms with van der Waals surface area (Å²) in [4.78, 5) is 8.28. The average molecular weight is 250 g/mol. The van der Waals surface area contributed by atoms with Gasteiger partial charge in [0.05, 0.1) is 6.10 Å². The molecule has 1 heterocycles. The largest absolute Gasteiger partial charge is 0.473 e. The molecule has 1 aliphatic carbocycles. The van der Waals surface area contributed by atoms with Crippen LogP contribution in [0.4, 0.5) is 11.5 Å². The van der Waals surface area contributed by atoms with E-state index in [-0.39, 0.29) is 6.10 Å². The predicted octanol–water partition coefficient (Wildman–Crippen LogP) is 2.45. The van der Waals surface area contributed by atoms with Crippen LogP contribution in [-0.4, -0.2) is 22.1 Å². The summed E-state index contributed by atoms with van der Waals surface area (Å²) in [7, 11) is 0. The third kappa shape index (κ3) is 3.03. The minimum absolute atomic E-state index is 0.0570. The number of nitrogen functional groups attached to an aromatic ring is 1. The molecule has 0 bridgehead atoms. The number of hydrogen-bond donors (Lipinski definition) is 2. The van der Waals surface area contributed by atoms with Crippen LogP contribution in [0.25, 0.3) is 0 Å². The van der Waals surface area contributed by atoms with Gasteiger partial charge in [-0.1, -0.05) is 6.92 Å². The Morgan fingerprint density at radius 2 is 2.17 bits per heavy atom. The fourth-order valence-electron chi connectivity index (χ4n) is 2.34. The highest BCUT2D eigenvalue weighted by atomic mass is 16.5. The molecule has 0 aliphatic heterocycles. The second kappa shape index (κ2) is 5.42. The minimum atomic E-state index is 0.0570. The molecule has 0 amide bonds. The Bertz CT molecular complexity index is 408. The van der Waals surface area contributed by atoms with Crippen molar-refractivity contribution in [3.63, 3.8) is 0 Å². The number of hydrogen-bond acceptors (Lipinski definition) is 5. The average Bonchev–Trinajstić information content (AvgIpc) is 2.69. The maximum absolute atomic E-state index is 6.03. The first-order chi connectivity index (χ1) is 8.56. The molecular formula is C13H22N4O. The summed E-state index contributed by atoms with van der Waals surface area (Å²) in [5.74, 6) is 1.94. The number of ether oxygens (including phenoxy) is 1. The van der Waals surface area contributed by atoms with E-state index in [4.69, 9.17) is 10.5 Å². The second-order valence-electron chi connectivity index (χ2n) is 5.37. The van der Waals surface area contributed by atoms with Gasteiger partial charge in [-0.2, -0.15) is 4.98 Å². The molecule has 0 radical (unpaired) electrons. The van der Waals surface area contributed by atoms with Gasteiger partial charge in [0.2, 0.25) is 5.88 Å². The highest BCUT2D eigenvalue weighted by molar-refractivity contribution is 5.66. The molecule has 0 spiro atoms. The standard InChI is InChI=1S/C13H22N4O/c1-8(2)18-13-11(14)12(15-7-16-13)17-10-5-4-9(3)6-10/h7-10H,4-6,14H2,1-3H3,(H,15,16,17). The van der Waals surface area contributed by atoms with Crippen LogP contribution in [-0.2, 0) is 0 Å². The van der Waals surface area contributed by atoms with Gasteiger partial charge < -0.3 is 15.8 Å². The van der Waals surface area contributed by atoms with Crippen LogP contribution < -0.4 is 15.8 Å². The van der Waals surface area contributed by atoms with E-state index in [9.17, 15) is 0 Å².